The molecule has 0 aliphatic heterocycles. The van der Waals surface area contributed by atoms with Gasteiger partial charge >= 0.3 is 0 Å². The zero-order chi connectivity index (χ0) is 13.8. The Morgan fingerprint density at radius 1 is 1.16 bits per heavy atom. The number of thiophene rings is 1. The summed E-state index contributed by atoms with van der Waals surface area (Å²) in [5, 5.41) is 2.89. The summed E-state index contributed by atoms with van der Waals surface area (Å²) in [6.07, 6.45) is 3.42. The second-order valence-corrected chi connectivity index (χ2v) is 5.91. The number of hydrogen-bond donors (Lipinski definition) is 1. The van der Waals surface area contributed by atoms with E-state index in [-0.39, 0.29) is 5.91 Å². The molecule has 0 radical (unpaired) electrons. The van der Waals surface area contributed by atoms with Crippen molar-refractivity contribution in [3.63, 3.8) is 0 Å². The van der Waals surface area contributed by atoms with E-state index in [9.17, 15) is 4.79 Å². The van der Waals surface area contributed by atoms with Gasteiger partial charge in [0.25, 0.3) is 0 Å². The van der Waals surface area contributed by atoms with Crippen molar-refractivity contribution in [3.05, 3.63) is 57.3 Å². The summed E-state index contributed by atoms with van der Waals surface area (Å²) in [4.78, 5) is 14.2. The Morgan fingerprint density at radius 2 is 1.95 bits per heavy atom. The molecular weight excluding hydrogens is 254 g/mol. The van der Waals surface area contributed by atoms with Crippen LogP contribution in [0.15, 0.2) is 36.4 Å². The number of aryl methyl sites for hydroxylation is 3. The van der Waals surface area contributed by atoms with Crippen LogP contribution in [-0.2, 0) is 4.79 Å². The molecule has 0 spiro atoms. The fourth-order valence-electron chi connectivity index (χ4n) is 1.83. The van der Waals surface area contributed by atoms with Gasteiger partial charge in [0.2, 0.25) is 5.91 Å². The summed E-state index contributed by atoms with van der Waals surface area (Å²) in [5.41, 5.74) is 3.14. The van der Waals surface area contributed by atoms with Gasteiger partial charge < -0.3 is 5.32 Å². The van der Waals surface area contributed by atoms with E-state index in [4.69, 9.17) is 0 Å². The Balaban J connectivity index is 2.03. The first-order valence-corrected chi connectivity index (χ1v) is 6.99. The monoisotopic (exact) mass is 271 g/mol. The highest BCUT2D eigenvalue weighted by molar-refractivity contribution is 7.12. The molecule has 0 saturated carbocycles. The molecule has 2 rings (SSSR count). The maximum absolute atomic E-state index is 11.8. The first kappa shape index (κ1) is 13.6. The first-order chi connectivity index (χ1) is 9.04. The molecule has 1 amide bonds. The molecule has 0 aliphatic rings. The van der Waals surface area contributed by atoms with Gasteiger partial charge in [0.1, 0.15) is 0 Å². The maximum atomic E-state index is 11.8. The molecule has 2 aromatic rings. The lowest BCUT2D eigenvalue weighted by Gasteiger charge is -2.06. The highest BCUT2D eigenvalue weighted by Gasteiger charge is 2.01. The van der Waals surface area contributed by atoms with Crippen LogP contribution in [0.3, 0.4) is 0 Å². The van der Waals surface area contributed by atoms with E-state index in [0.29, 0.717) is 0 Å². The lowest BCUT2D eigenvalue weighted by atomic mass is 10.1. The first-order valence-electron chi connectivity index (χ1n) is 6.17. The van der Waals surface area contributed by atoms with Crippen molar-refractivity contribution in [3.8, 4) is 0 Å². The highest BCUT2D eigenvalue weighted by Crippen LogP contribution is 2.18. The average Bonchev–Trinajstić information content (AvgIpc) is 2.76. The predicted octanol–water partition coefficient (Wildman–Crippen LogP) is 4.33. The zero-order valence-electron chi connectivity index (χ0n) is 11.4. The molecule has 1 aromatic carbocycles. The SMILES string of the molecule is Cc1ccc(NC(=O)/C=C/c2ccc(C)s2)c(C)c1. The van der Waals surface area contributed by atoms with Crippen molar-refractivity contribution in [2.45, 2.75) is 20.8 Å². The van der Waals surface area contributed by atoms with E-state index < -0.39 is 0 Å². The Labute approximate surface area is 117 Å². The van der Waals surface area contributed by atoms with Crippen molar-refractivity contribution in [2.24, 2.45) is 0 Å². The number of rotatable bonds is 3. The second kappa shape index (κ2) is 5.85. The largest absolute Gasteiger partial charge is 0.322 e. The van der Waals surface area contributed by atoms with Crippen LogP contribution in [0.25, 0.3) is 6.08 Å². The van der Waals surface area contributed by atoms with E-state index in [0.717, 1.165) is 16.1 Å². The third-order valence-corrected chi connectivity index (χ3v) is 3.77. The number of anilines is 1. The van der Waals surface area contributed by atoms with Crippen LogP contribution >= 0.6 is 11.3 Å². The van der Waals surface area contributed by atoms with Gasteiger partial charge in [-0.3, -0.25) is 4.79 Å². The van der Waals surface area contributed by atoms with Crippen LogP contribution in [0.4, 0.5) is 5.69 Å². The van der Waals surface area contributed by atoms with Crippen LogP contribution in [0.1, 0.15) is 20.9 Å². The predicted molar refractivity (Wildman–Crippen MR) is 82.6 cm³/mol. The quantitative estimate of drug-likeness (QED) is 0.827. The molecule has 2 nitrogen and oxygen atoms in total. The van der Waals surface area contributed by atoms with Crippen LogP contribution < -0.4 is 5.32 Å². The van der Waals surface area contributed by atoms with E-state index in [1.54, 1.807) is 17.4 Å². The summed E-state index contributed by atoms with van der Waals surface area (Å²) in [7, 11) is 0. The van der Waals surface area contributed by atoms with Crippen molar-refractivity contribution >= 4 is 29.0 Å². The summed E-state index contributed by atoms with van der Waals surface area (Å²) in [6.45, 7) is 6.09. The number of benzene rings is 1. The lowest BCUT2D eigenvalue weighted by Crippen LogP contribution is -2.08. The molecule has 19 heavy (non-hydrogen) atoms. The standard InChI is InChI=1S/C16H17NOS/c1-11-4-8-15(12(2)10-11)17-16(18)9-7-14-6-5-13(3)19-14/h4-10H,1-3H3,(H,17,18)/b9-7+. The zero-order valence-corrected chi connectivity index (χ0v) is 12.2. The molecule has 0 fully saturated rings. The van der Waals surface area contributed by atoms with Gasteiger partial charge in [0.05, 0.1) is 0 Å². The van der Waals surface area contributed by atoms with Crippen molar-refractivity contribution < 1.29 is 4.79 Å². The normalized spacial score (nSPS) is 10.9. The van der Waals surface area contributed by atoms with Crippen molar-refractivity contribution in [1.82, 2.24) is 0 Å². The number of carbonyl (C=O) groups is 1. The van der Waals surface area contributed by atoms with Crippen molar-refractivity contribution in [2.75, 3.05) is 5.32 Å². The fourth-order valence-corrected chi connectivity index (χ4v) is 2.61. The molecule has 1 aromatic heterocycles. The van der Waals surface area contributed by atoms with Gasteiger partial charge in [-0.15, -0.1) is 11.3 Å². The van der Waals surface area contributed by atoms with Gasteiger partial charge in [-0.1, -0.05) is 17.7 Å². The van der Waals surface area contributed by atoms with E-state index in [1.165, 1.54) is 10.4 Å². The van der Waals surface area contributed by atoms with Crippen LogP contribution in [0.5, 0.6) is 0 Å². The third kappa shape index (κ3) is 3.80. The van der Waals surface area contributed by atoms with Crippen LogP contribution in [0.2, 0.25) is 0 Å². The lowest BCUT2D eigenvalue weighted by molar-refractivity contribution is -0.111. The summed E-state index contributed by atoms with van der Waals surface area (Å²) in [5.74, 6) is -0.0991. The number of hydrogen-bond acceptors (Lipinski definition) is 2. The number of nitrogens with one attached hydrogen (secondary N) is 1. The van der Waals surface area contributed by atoms with E-state index in [1.807, 2.05) is 44.2 Å². The molecule has 0 atom stereocenters. The van der Waals surface area contributed by atoms with Crippen LogP contribution in [0, 0.1) is 20.8 Å². The topological polar surface area (TPSA) is 29.1 Å². The number of carbonyl (C=O) groups excluding carboxylic acids is 1. The Hall–Kier alpha value is -1.87. The molecule has 0 unspecified atom stereocenters. The third-order valence-electron chi connectivity index (χ3n) is 2.80. The second-order valence-electron chi connectivity index (χ2n) is 4.59. The number of amides is 1. The minimum Gasteiger partial charge on any atom is -0.322 e. The summed E-state index contributed by atoms with van der Waals surface area (Å²) < 4.78 is 0. The minimum atomic E-state index is -0.0991. The Bertz CT molecular complexity index is 625. The smallest absolute Gasteiger partial charge is 0.248 e. The minimum absolute atomic E-state index is 0.0991. The Morgan fingerprint density at radius 3 is 2.58 bits per heavy atom. The van der Waals surface area contributed by atoms with Crippen LogP contribution in [-0.4, -0.2) is 5.91 Å². The average molecular weight is 271 g/mol. The van der Waals surface area contributed by atoms with Crippen molar-refractivity contribution in [1.29, 1.82) is 0 Å². The fraction of sp³-hybridized carbons (Fsp3) is 0.188. The van der Waals surface area contributed by atoms with Gasteiger partial charge in [-0.05, 0) is 50.6 Å². The summed E-state index contributed by atoms with van der Waals surface area (Å²) >= 11 is 1.67. The van der Waals surface area contributed by atoms with Gasteiger partial charge in [0, 0.05) is 21.5 Å². The van der Waals surface area contributed by atoms with Gasteiger partial charge in [0.15, 0.2) is 0 Å². The molecule has 98 valence electrons. The van der Waals surface area contributed by atoms with E-state index >= 15 is 0 Å². The van der Waals surface area contributed by atoms with E-state index in [2.05, 4.69) is 18.3 Å². The highest BCUT2D eigenvalue weighted by atomic mass is 32.1. The maximum Gasteiger partial charge on any atom is 0.248 e. The molecule has 0 saturated heterocycles. The van der Waals surface area contributed by atoms with Gasteiger partial charge in [-0.2, -0.15) is 0 Å². The molecule has 0 aliphatic carbocycles. The molecule has 3 heteroatoms. The van der Waals surface area contributed by atoms with Gasteiger partial charge in [-0.25, -0.2) is 0 Å². The Kier molecular flexibility index (Phi) is 4.17. The molecule has 0 bridgehead atoms. The summed E-state index contributed by atoms with van der Waals surface area (Å²) in [6, 6.07) is 10.1. The molecule has 1 N–H and O–H groups in total. The molecule has 1 heterocycles. The molecular formula is C16H17NOS.